The van der Waals surface area contributed by atoms with Crippen molar-refractivity contribution >= 4 is 39.4 Å². The van der Waals surface area contributed by atoms with E-state index in [9.17, 15) is 4.79 Å². The second kappa shape index (κ2) is 7.21. The van der Waals surface area contributed by atoms with Crippen LogP contribution in [0, 0.1) is 0 Å². The number of nitrogens with zero attached hydrogens (tertiary/aromatic N) is 7. The summed E-state index contributed by atoms with van der Waals surface area (Å²) in [7, 11) is 0. The molecule has 4 aromatic heterocycles. The molecule has 4 heterocycles. The Morgan fingerprint density at radius 2 is 1.62 bits per heavy atom. The first-order valence-corrected chi connectivity index (χ1v) is 9.98. The minimum atomic E-state index is -0.230. The van der Waals surface area contributed by atoms with Gasteiger partial charge in [-0.25, -0.2) is 15.0 Å². The van der Waals surface area contributed by atoms with Crippen LogP contribution < -0.4 is 5.56 Å². The van der Waals surface area contributed by atoms with Crippen molar-refractivity contribution < 1.29 is 0 Å². The Labute approximate surface area is 181 Å². The molecule has 0 atom stereocenters. The molecule has 0 amide bonds. The van der Waals surface area contributed by atoms with Crippen LogP contribution in [0.3, 0.4) is 0 Å². The number of rotatable bonds is 3. The molecule has 6 aromatic rings. The molecule has 0 aliphatic carbocycles. The average Bonchev–Trinajstić information content (AvgIpc) is 3.16. The van der Waals surface area contributed by atoms with Crippen molar-refractivity contribution in [3.05, 3.63) is 101 Å². The van der Waals surface area contributed by atoms with Crippen molar-refractivity contribution in [3.8, 4) is 5.69 Å². The zero-order chi connectivity index (χ0) is 21.5. The third-order valence-corrected chi connectivity index (χ3v) is 5.18. The summed E-state index contributed by atoms with van der Waals surface area (Å²) in [5.41, 5.74) is 4.04. The fraction of sp³-hybridized carbons (Fsp3) is 0. The molecular formula is C24H15N7O. The number of hydrogen-bond acceptors (Lipinski definition) is 6. The van der Waals surface area contributed by atoms with Crippen LogP contribution in [-0.2, 0) is 0 Å². The van der Waals surface area contributed by atoms with Crippen LogP contribution >= 0.6 is 0 Å². The van der Waals surface area contributed by atoms with E-state index in [1.54, 1.807) is 23.3 Å². The molecule has 0 saturated heterocycles. The van der Waals surface area contributed by atoms with Crippen LogP contribution in [0.5, 0.6) is 0 Å². The van der Waals surface area contributed by atoms with Crippen LogP contribution in [0.4, 0.5) is 0 Å². The van der Waals surface area contributed by atoms with E-state index in [1.807, 2.05) is 66.7 Å². The van der Waals surface area contributed by atoms with E-state index in [2.05, 4.69) is 15.1 Å². The maximum absolute atomic E-state index is 13.5. The normalized spacial score (nSPS) is 11.8. The molecule has 0 aliphatic rings. The molecule has 152 valence electrons. The highest BCUT2D eigenvalue weighted by Gasteiger charge is 2.20. The van der Waals surface area contributed by atoms with Gasteiger partial charge in [0.05, 0.1) is 22.9 Å². The number of hydrogen-bond donors (Lipinski definition) is 0. The van der Waals surface area contributed by atoms with Crippen LogP contribution in [0.15, 0.2) is 95.3 Å². The molecular weight excluding hydrogens is 402 g/mol. The van der Waals surface area contributed by atoms with Crippen LogP contribution in [0.25, 0.3) is 38.9 Å². The third kappa shape index (κ3) is 2.85. The zero-order valence-corrected chi connectivity index (χ0v) is 16.7. The smallest absolute Gasteiger partial charge is 0.268 e. The molecule has 0 spiro atoms. The molecule has 0 fully saturated rings. The van der Waals surface area contributed by atoms with Gasteiger partial charge in [-0.3, -0.25) is 14.3 Å². The second-order valence-electron chi connectivity index (χ2n) is 7.18. The average molecular weight is 417 g/mol. The lowest BCUT2D eigenvalue weighted by Crippen LogP contribution is -2.18. The predicted molar refractivity (Wildman–Crippen MR) is 123 cm³/mol. The van der Waals surface area contributed by atoms with E-state index < -0.39 is 0 Å². The Morgan fingerprint density at radius 3 is 2.41 bits per heavy atom. The SMILES string of the molecule is O=c1c2c3nc4ccccc4nc3n(/N=C\c3cccnc3)c2ncn1-c1ccccc1. The van der Waals surface area contributed by atoms with Gasteiger partial charge in [0.25, 0.3) is 5.56 Å². The lowest BCUT2D eigenvalue weighted by atomic mass is 10.3. The van der Waals surface area contributed by atoms with Crippen molar-refractivity contribution in [2.24, 2.45) is 5.10 Å². The van der Waals surface area contributed by atoms with E-state index in [1.165, 1.54) is 10.9 Å². The molecule has 6 rings (SSSR count). The van der Waals surface area contributed by atoms with Gasteiger partial charge in [0.1, 0.15) is 17.2 Å². The number of benzene rings is 2. The largest absolute Gasteiger partial charge is 0.269 e. The molecule has 8 heteroatoms. The molecule has 8 nitrogen and oxygen atoms in total. The Kier molecular flexibility index (Phi) is 4.07. The van der Waals surface area contributed by atoms with Crippen molar-refractivity contribution in [2.75, 3.05) is 0 Å². The number of fused-ring (bicyclic) bond motifs is 4. The first-order valence-electron chi connectivity index (χ1n) is 9.98. The summed E-state index contributed by atoms with van der Waals surface area (Å²) < 4.78 is 3.07. The molecule has 0 saturated carbocycles. The monoisotopic (exact) mass is 417 g/mol. The molecule has 0 radical (unpaired) electrons. The molecule has 0 unspecified atom stereocenters. The Balaban J connectivity index is 1.70. The second-order valence-corrected chi connectivity index (χ2v) is 7.18. The van der Waals surface area contributed by atoms with E-state index in [0.29, 0.717) is 33.2 Å². The molecule has 2 aromatic carbocycles. The highest BCUT2D eigenvalue weighted by atomic mass is 16.1. The van der Waals surface area contributed by atoms with Crippen molar-refractivity contribution in [3.63, 3.8) is 0 Å². The fourth-order valence-corrected chi connectivity index (χ4v) is 3.68. The lowest BCUT2D eigenvalue weighted by molar-refractivity contribution is 0.906. The molecule has 0 N–H and O–H groups in total. The highest BCUT2D eigenvalue weighted by Crippen LogP contribution is 2.25. The van der Waals surface area contributed by atoms with Crippen molar-refractivity contribution in [1.29, 1.82) is 0 Å². The van der Waals surface area contributed by atoms with Gasteiger partial charge < -0.3 is 0 Å². The van der Waals surface area contributed by atoms with Gasteiger partial charge in [0.2, 0.25) is 0 Å². The summed E-state index contributed by atoms with van der Waals surface area (Å²) in [5, 5.41) is 4.95. The van der Waals surface area contributed by atoms with Gasteiger partial charge in [-0.05, 0) is 30.3 Å². The number of pyridine rings is 1. The van der Waals surface area contributed by atoms with Gasteiger partial charge in [-0.15, -0.1) is 0 Å². The maximum atomic E-state index is 13.5. The Morgan fingerprint density at radius 1 is 0.844 bits per heavy atom. The van der Waals surface area contributed by atoms with Crippen LogP contribution in [-0.4, -0.2) is 35.4 Å². The Bertz CT molecular complexity index is 1690. The summed E-state index contributed by atoms with van der Waals surface area (Å²) in [4.78, 5) is 31.7. The number of aromatic nitrogens is 6. The fourth-order valence-electron chi connectivity index (χ4n) is 3.68. The van der Waals surface area contributed by atoms with Gasteiger partial charge in [-0.1, -0.05) is 36.4 Å². The van der Waals surface area contributed by atoms with Crippen molar-refractivity contribution in [2.45, 2.75) is 0 Å². The topological polar surface area (TPSA) is 90.8 Å². The van der Waals surface area contributed by atoms with E-state index in [0.717, 1.165) is 11.3 Å². The first-order chi connectivity index (χ1) is 15.8. The van der Waals surface area contributed by atoms with Gasteiger partial charge in [0, 0.05) is 18.0 Å². The van der Waals surface area contributed by atoms with Crippen molar-refractivity contribution in [1.82, 2.24) is 29.2 Å². The quantitative estimate of drug-likeness (QED) is 0.411. The summed E-state index contributed by atoms with van der Waals surface area (Å²) >= 11 is 0. The molecule has 32 heavy (non-hydrogen) atoms. The standard InChI is InChI=1S/C24H15N7O/c32-24-20-21-23(29-19-11-5-4-10-18(19)28-21)31(27-14-16-7-6-12-25-13-16)22(20)26-15-30(24)17-8-2-1-3-9-17/h1-15H/b27-14-. The minimum Gasteiger partial charge on any atom is -0.268 e. The zero-order valence-electron chi connectivity index (χ0n) is 16.7. The van der Waals surface area contributed by atoms with Gasteiger partial charge in [0.15, 0.2) is 11.3 Å². The summed E-state index contributed by atoms with van der Waals surface area (Å²) in [6, 6.07) is 20.6. The van der Waals surface area contributed by atoms with Crippen LogP contribution in [0.1, 0.15) is 5.56 Å². The van der Waals surface area contributed by atoms with E-state index >= 15 is 0 Å². The summed E-state index contributed by atoms with van der Waals surface area (Å²) in [5.74, 6) is 0. The summed E-state index contributed by atoms with van der Waals surface area (Å²) in [6.45, 7) is 0. The minimum absolute atomic E-state index is 0.230. The highest BCUT2D eigenvalue weighted by molar-refractivity contribution is 6.05. The van der Waals surface area contributed by atoms with E-state index in [4.69, 9.17) is 9.97 Å². The molecule has 0 aliphatic heterocycles. The maximum Gasteiger partial charge on any atom is 0.269 e. The Hall–Kier alpha value is -4.72. The van der Waals surface area contributed by atoms with Crippen LogP contribution in [0.2, 0.25) is 0 Å². The number of para-hydroxylation sites is 3. The third-order valence-electron chi connectivity index (χ3n) is 5.18. The van der Waals surface area contributed by atoms with Gasteiger partial charge in [-0.2, -0.15) is 9.78 Å². The van der Waals surface area contributed by atoms with E-state index in [-0.39, 0.29) is 5.56 Å². The lowest BCUT2D eigenvalue weighted by Gasteiger charge is -2.04. The summed E-state index contributed by atoms with van der Waals surface area (Å²) in [6.07, 6.45) is 6.57. The van der Waals surface area contributed by atoms with Gasteiger partial charge >= 0.3 is 0 Å². The first kappa shape index (κ1) is 18.1. The molecule has 0 bridgehead atoms. The predicted octanol–water partition coefficient (Wildman–Crippen LogP) is 3.56.